The van der Waals surface area contributed by atoms with Gasteiger partial charge in [0.15, 0.2) is 0 Å². The van der Waals surface area contributed by atoms with E-state index in [0.29, 0.717) is 59.5 Å². The lowest BCUT2D eigenvalue weighted by molar-refractivity contribution is 0.214. The summed E-state index contributed by atoms with van der Waals surface area (Å²) in [5, 5.41) is 28.5. The van der Waals surface area contributed by atoms with E-state index in [0.717, 1.165) is 50.1 Å². The van der Waals surface area contributed by atoms with Crippen molar-refractivity contribution in [2.75, 3.05) is 40.4 Å². The van der Waals surface area contributed by atoms with Gasteiger partial charge in [-0.2, -0.15) is 5.26 Å². The smallest absolute Gasteiger partial charge is 0.262 e. The Kier molecular flexibility index (Phi) is 13.1. The summed E-state index contributed by atoms with van der Waals surface area (Å²) in [6, 6.07) is 23.7. The first kappa shape index (κ1) is 40.1. The number of pyridine rings is 2. The average Bonchev–Trinajstić information content (AvgIpc) is 3.19. The number of halogens is 1. The second-order valence-corrected chi connectivity index (χ2v) is 14.3. The largest absolute Gasteiger partial charge is 0.488 e. The van der Waals surface area contributed by atoms with E-state index in [1.54, 1.807) is 35.1 Å². The monoisotopic (exact) mass is 772 g/mol. The molecule has 0 bridgehead atoms. The molecule has 288 valence electrons. The first-order valence-corrected chi connectivity index (χ1v) is 18.7. The molecule has 0 aliphatic rings. The highest BCUT2D eigenvalue weighted by Gasteiger charge is 2.17. The van der Waals surface area contributed by atoms with Gasteiger partial charge in [0.2, 0.25) is 0 Å². The van der Waals surface area contributed by atoms with Crippen LogP contribution in [-0.2, 0) is 26.3 Å². The highest BCUT2D eigenvalue weighted by atomic mass is 35.5. The minimum atomic E-state index is -0.127. The van der Waals surface area contributed by atoms with Crippen LogP contribution in [0.3, 0.4) is 0 Å². The van der Waals surface area contributed by atoms with Gasteiger partial charge in [0.1, 0.15) is 36.4 Å². The SMILES string of the molecule is Cc1c(COc2cc(OCc3cncc(C#N)c3)c(CN(C)CCO)cc2Cl)cccc1-c1cccc(-c2ccn3c(=O)c(CN(C)CCO)cnc3c2)c1C. The number of fused-ring (bicyclic) bond motifs is 1. The molecular weight excluding hydrogens is 728 g/mol. The maximum atomic E-state index is 13.2. The van der Waals surface area contributed by atoms with Crippen molar-refractivity contribution in [2.24, 2.45) is 0 Å². The molecule has 56 heavy (non-hydrogen) atoms. The van der Waals surface area contributed by atoms with Crippen LogP contribution in [0.5, 0.6) is 11.5 Å². The fraction of sp³-hybridized carbons (Fsp3) is 0.273. The number of nitrogens with zero attached hydrogens (tertiary/aromatic N) is 6. The minimum absolute atomic E-state index is 0.0198. The fourth-order valence-electron chi connectivity index (χ4n) is 6.73. The van der Waals surface area contributed by atoms with Gasteiger partial charge in [-0.05, 0) is 91.2 Å². The van der Waals surface area contributed by atoms with Crippen molar-refractivity contribution in [3.05, 3.63) is 146 Å². The summed E-state index contributed by atoms with van der Waals surface area (Å²) < 4.78 is 14.2. The molecule has 3 heterocycles. The highest BCUT2D eigenvalue weighted by Crippen LogP contribution is 2.37. The number of hydrogen-bond donors (Lipinski definition) is 2. The van der Waals surface area contributed by atoms with Gasteiger partial charge in [-0.25, -0.2) is 4.98 Å². The van der Waals surface area contributed by atoms with Crippen molar-refractivity contribution in [2.45, 2.75) is 40.2 Å². The number of aliphatic hydroxyl groups is 2. The van der Waals surface area contributed by atoms with E-state index >= 15 is 0 Å². The molecular formula is C44H45ClN6O5. The number of aromatic nitrogens is 3. The van der Waals surface area contributed by atoms with E-state index in [-0.39, 0.29) is 32.0 Å². The van der Waals surface area contributed by atoms with Crippen molar-refractivity contribution in [3.8, 4) is 39.8 Å². The van der Waals surface area contributed by atoms with Crippen LogP contribution in [-0.4, -0.2) is 74.8 Å². The van der Waals surface area contributed by atoms with Crippen LogP contribution < -0.4 is 15.0 Å². The van der Waals surface area contributed by atoms with Gasteiger partial charge in [-0.3, -0.25) is 24.0 Å². The Morgan fingerprint density at radius 3 is 2.20 bits per heavy atom. The molecule has 0 fully saturated rings. The molecule has 0 unspecified atom stereocenters. The summed E-state index contributed by atoms with van der Waals surface area (Å²) in [6.07, 6.45) is 6.57. The first-order chi connectivity index (χ1) is 27.1. The zero-order chi connectivity index (χ0) is 39.8. The van der Waals surface area contributed by atoms with Crippen molar-refractivity contribution < 1.29 is 19.7 Å². The Morgan fingerprint density at radius 1 is 0.786 bits per heavy atom. The lowest BCUT2D eigenvalue weighted by Crippen LogP contribution is -2.27. The Labute approximate surface area is 331 Å². The summed E-state index contributed by atoms with van der Waals surface area (Å²) in [7, 11) is 3.76. The van der Waals surface area contributed by atoms with Gasteiger partial charge in [-0.1, -0.05) is 48.0 Å². The van der Waals surface area contributed by atoms with Crippen LogP contribution in [0.1, 0.15) is 38.9 Å². The Bertz CT molecular complexity index is 2450. The quantitative estimate of drug-likeness (QED) is 0.111. The molecule has 0 radical (unpaired) electrons. The van der Waals surface area contributed by atoms with Crippen molar-refractivity contribution >= 4 is 17.2 Å². The third kappa shape index (κ3) is 9.25. The zero-order valence-electron chi connectivity index (χ0n) is 32.0. The number of hydrogen-bond acceptors (Lipinski definition) is 10. The molecule has 11 nitrogen and oxygen atoms in total. The molecule has 2 N–H and O–H groups in total. The molecule has 12 heteroatoms. The van der Waals surface area contributed by atoms with Crippen molar-refractivity contribution in [1.29, 1.82) is 5.26 Å². The number of aliphatic hydroxyl groups excluding tert-OH is 2. The number of benzene rings is 3. The predicted octanol–water partition coefficient (Wildman–Crippen LogP) is 6.57. The molecule has 0 amide bonds. The lowest BCUT2D eigenvalue weighted by atomic mass is 9.90. The summed E-state index contributed by atoms with van der Waals surface area (Å²) in [4.78, 5) is 25.8. The van der Waals surface area contributed by atoms with E-state index in [9.17, 15) is 20.3 Å². The summed E-state index contributed by atoms with van der Waals surface area (Å²) in [5.41, 5.74) is 10.3. The minimum Gasteiger partial charge on any atom is -0.488 e. The van der Waals surface area contributed by atoms with Gasteiger partial charge < -0.3 is 19.7 Å². The van der Waals surface area contributed by atoms with Crippen molar-refractivity contribution in [1.82, 2.24) is 24.2 Å². The number of likely N-dealkylation sites (N-methyl/N-ethyl adjacent to an activating group) is 2. The third-order valence-corrected chi connectivity index (χ3v) is 10.1. The number of rotatable bonds is 16. The number of nitriles is 1. The van der Waals surface area contributed by atoms with E-state index in [4.69, 9.17) is 21.1 Å². The van der Waals surface area contributed by atoms with E-state index in [2.05, 4.69) is 48.1 Å². The Morgan fingerprint density at radius 2 is 1.46 bits per heavy atom. The second kappa shape index (κ2) is 18.3. The molecule has 3 aromatic carbocycles. The first-order valence-electron chi connectivity index (χ1n) is 18.3. The predicted molar refractivity (Wildman–Crippen MR) is 218 cm³/mol. The third-order valence-electron chi connectivity index (χ3n) is 9.82. The average molecular weight is 773 g/mol. The van der Waals surface area contributed by atoms with Crippen LogP contribution in [0.4, 0.5) is 0 Å². The van der Waals surface area contributed by atoms with Crippen LogP contribution in [0.25, 0.3) is 27.9 Å². The Hall–Kier alpha value is -5.61. The van der Waals surface area contributed by atoms with Gasteiger partial charge in [0, 0.05) is 68.2 Å². The molecule has 0 saturated carbocycles. The molecule has 0 saturated heterocycles. The van der Waals surface area contributed by atoms with Crippen LogP contribution >= 0.6 is 11.6 Å². The second-order valence-electron chi connectivity index (χ2n) is 13.9. The van der Waals surface area contributed by atoms with E-state index in [1.165, 1.54) is 6.20 Å². The summed E-state index contributed by atoms with van der Waals surface area (Å²) in [5.74, 6) is 1.05. The van der Waals surface area contributed by atoms with Gasteiger partial charge in [0.25, 0.3) is 5.56 Å². The van der Waals surface area contributed by atoms with Crippen LogP contribution in [0.15, 0.2) is 96.3 Å². The normalized spacial score (nSPS) is 11.4. The van der Waals surface area contributed by atoms with Gasteiger partial charge in [0.05, 0.1) is 29.4 Å². The molecule has 0 atom stereocenters. The van der Waals surface area contributed by atoms with Gasteiger partial charge >= 0.3 is 0 Å². The zero-order valence-corrected chi connectivity index (χ0v) is 32.8. The molecule has 0 spiro atoms. The standard InChI is InChI=1S/C44H45ClN6O5/c1-29-34(28-56-42-20-41(35(18-40(42)45)25-49(3)13-15-52)55-27-32-17-31(21-46)22-47-23-32)7-5-9-38(29)39-10-6-8-37(30(39)2)33-11-12-51-43(19-33)48-24-36(44(51)54)26-50(4)14-16-53/h5-12,17-20,22-24,52-53H,13-16,25-28H2,1-4H3. The van der Waals surface area contributed by atoms with E-state index < -0.39 is 0 Å². The molecule has 3 aromatic heterocycles. The maximum Gasteiger partial charge on any atom is 0.262 e. The lowest BCUT2D eigenvalue weighted by Gasteiger charge is -2.20. The highest BCUT2D eigenvalue weighted by molar-refractivity contribution is 6.32. The van der Waals surface area contributed by atoms with Gasteiger partial charge in [-0.15, -0.1) is 0 Å². The molecule has 0 aliphatic carbocycles. The molecule has 6 rings (SSSR count). The topological polar surface area (TPSA) is 136 Å². The summed E-state index contributed by atoms with van der Waals surface area (Å²) >= 11 is 6.80. The Balaban J connectivity index is 1.25. The molecule has 6 aromatic rings. The summed E-state index contributed by atoms with van der Waals surface area (Å²) in [6.45, 7) is 6.53. The van der Waals surface area contributed by atoms with Crippen molar-refractivity contribution in [3.63, 3.8) is 0 Å². The fourth-order valence-corrected chi connectivity index (χ4v) is 6.97. The number of ether oxygens (including phenoxy) is 2. The van der Waals surface area contributed by atoms with E-state index in [1.807, 2.05) is 60.3 Å². The maximum absolute atomic E-state index is 13.2. The molecule has 0 aliphatic heterocycles. The van der Waals surface area contributed by atoms with Crippen LogP contribution in [0, 0.1) is 25.2 Å². The van der Waals surface area contributed by atoms with Crippen LogP contribution in [0.2, 0.25) is 5.02 Å².